The summed E-state index contributed by atoms with van der Waals surface area (Å²) in [6, 6.07) is 12.2. The van der Waals surface area contributed by atoms with Crippen LogP contribution in [0.4, 0.5) is 0 Å². The van der Waals surface area contributed by atoms with Gasteiger partial charge in [-0.05, 0) is 48.0 Å². The molecule has 57 heavy (non-hydrogen) atoms. The number of phenolic OH excluding ortho intramolecular Hbond substituents is 4. The number of phenols is 4. The summed E-state index contributed by atoms with van der Waals surface area (Å²) < 4.78 is 45.0. The number of aromatic hydroxyl groups is 4. The van der Waals surface area contributed by atoms with Crippen LogP contribution in [-0.4, -0.2) is 146 Å². The molecule has 0 amide bonds. The Morgan fingerprint density at radius 2 is 1.44 bits per heavy atom. The van der Waals surface area contributed by atoms with Crippen molar-refractivity contribution in [3.63, 3.8) is 0 Å². The lowest BCUT2D eigenvalue weighted by atomic mass is 9.98. The Balaban J connectivity index is 1.30. The van der Waals surface area contributed by atoms with Crippen molar-refractivity contribution in [3.8, 4) is 51.6 Å². The summed E-state index contributed by atoms with van der Waals surface area (Å²) in [5.41, 5.74) is 0.676. The summed E-state index contributed by atoms with van der Waals surface area (Å²) in [5.74, 6) is -2.53. The van der Waals surface area contributed by atoms with Crippen molar-refractivity contribution in [1.82, 2.24) is 0 Å². The van der Waals surface area contributed by atoms with Gasteiger partial charge in [-0.2, -0.15) is 0 Å². The summed E-state index contributed by atoms with van der Waals surface area (Å²) in [5, 5.41) is 104. The van der Waals surface area contributed by atoms with Crippen LogP contribution in [0.1, 0.15) is 5.56 Å². The van der Waals surface area contributed by atoms with E-state index in [9.17, 15) is 55.9 Å². The number of carbonyl (C=O) groups is 1. The topological polar surface area (TPSA) is 295 Å². The molecular formula is C38H41O19+. The van der Waals surface area contributed by atoms with Crippen LogP contribution < -0.4 is 14.2 Å². The van der Waals surface area contributed by atoms with Gasteiger partial charge in [0.25, 0.3) is 0 Å². The third-order valence-corrected chi connectivity index (χ3v) is 9.28. The number of esters is 1. The molecule has 0 spiro atoms. The Bertz CT molecular complexity index is 2060. The first kappa shape index (κ1) is 41.2. The maximum Gasteiger partial charge on any atom is 0.402 e. The van der Waals surface area contributed by atoms with E-state index < -0.39 is 92.1 Å². The summed E-state index contributed by atoms with van der Waals surface area (Å²) in [6.45, 7) is -1.44. The first-order valence-corrected chi connectivity index (χ1v) is 17.3. The van der Waals surface area contributed by atoms with Crippen LogP contribution in [0.3, 0.4) is 0 Å². The van der Waals surface area contributed by atoms with Gasteiger partial charge in [0.15, 0.2) is 35.4 Å². The Morgan fingerprint density at radius 1 is 0.754 bits per heavy atom. The lowest BCUT2D eigenvalue weighted by Crippen LogP contribution is -2.63. The van der Waals surface area contributed by atoms with E-state index in [4.69, 9.17) is 37.6 Å². The highest BCUT2D eigenvalue weighted by Gasteiger charge is 2.50. The molecule has 6 rings (SSSR count). The average molecular weight is 802 g/mol. The Hall–Kier alpha value is -5.48. The van der Waals surface area contributed by atoms with E-state index in [0.717, 1.165) is 12.1 Å². The van der Waals surface area contributed by atoms with Crippen molar-refractivity contribution < 1.29 is 93.4 Å². The predicted molar refractivity (Wildman–Crippen MR) is 192 cm³/mol. The van der Waals surface area contributed by atoms with E-state index in [-0.39, 0.29) is 45.7 Å². The first-order chi connectivity index (χ1) is 27.2. The molecule has 2 saturated heterocycles. The molecule has 10 N–H and O–H groups in total. The minimum Gasteiger partial charge on any atom is -0.508 e. The van der Waals surface area contributed by atoms with Gasteiger partial charge in [0.2, 0.25) is 17.8 Å². The molecule has 19 nitrogen and oxygen atoms in total. The first-order valence-electron chi connectivity index (χ1n) is 17.3. The molecule has 3 heterocycles. The van der Waals surface area contributed by atoms with E-state index in [1.165, 1.54) is 68.8 Å². The lowest BCUT2D eigenvalue weighted by Gasteiger charge is -2.43. The van der Waals surface area contributed by atoms with Crippen molar-refractivity contribution in [2.75, 3.05) is 27.4 Å². The smallest absolute Gasteiger partial charge is 0.402 e. The van der Waals surface area contributed by atoms with Gasteiger partial charge in [0.1, 0.15) is 48.5 Å². The monoisotopic (exact) mass is 801 g/mol. The second-order valence-electron chi connectivity index (χ2n) is 13.0. The molecule has 0 radical (unpaired) electrons. The number of hydrogen-bond donors (Lipinski definition) is 10. The Morgan fingerprint density at radius 3 is 2.11 bits per heavy atom. The van der Waals surface area contributed by atoms with Crippen LogP contribution in [-0.2, 0) is 23.7 Å². The van der Waals surface area contributed by atoms with E-state index in [0.29, 0.717) is 10.9 Å². The van der Waals surface area contributed by atoms with Gasteiger partial charge in [-0.25, -0.2) is 9.21 Å². The third kappa shape index (κ3) is 8.76. The van der Waals surface area contributed by atoms with Crippen molar-refractivity contribution in [3.05, 3.63) is 66.2 Å². The number of rotatable bonds is 12. The second kappa shape index (κ2) is 17.3. The average Bonchev–Trinajstić information content (AvgIpc) is 3.20. The zero-order valence-corrected chi connectivity index (χ0v) is 30.2. The SMILES string of the molecule is COc1cc(C=CC(=O)O[C@H]2[C@H](O)[C@@H](O)[C@H](Oc3cc4ccc(O)cc4[o+]c3-c3ccc(O)c(O)c3)O[C@@H]2CO[C@@H]2O[C@H](CO)[C@@H](O)[C@H](O)[C@H]2O)cc(OC)c1O. The number of fused-ring (bicyclic) bond motifs is 1. The van der Waals surface area contributed by atoms with E-state index >= 15 is 0 Å². The minimum absolute atomic E-state index is 0.0424. The molecular weight excluding hydrogens is 760 g/mol. The van der Waals surface area contributed by atoms with E-state index in [1.807, 2.05) is 0 Å². The number of aliphatic hydroxyl groups excluding tert-OH is 6. The number of carbonyl (C=O) groups excluding carboxylic acids is 1. The highest BCUT2D eigenvalue weighted by atomic mass is 16.7. The number of aliphatic hydroxyl groups is 6. The normalized spacial score (nSPS) is 27.6. The summed E-state index contributed by atoms with van der Waals surface area (Å²) in [4.78, 5) is 13.2. The molecule has 0 bridgehead atoms. The van der Waals surface area contributed by atoms with Crippen LogP contribution in [0.15, 0.2) is 65.1 Å². The summed E-state index contributed by atoms with van der Waals surface area (Å²) in [7, 11) is 2.63. The van der Waals surface area contributed by atoms with Gasteiger partial charge in [-0.3, -0.25) is 0 Å². The molecule has 0 saturated carbocycles. The maximum absolute atomic E-state index is 13.2. The quantitative estimate of drug-likeness (QED) is 0.0403. The Kier molecular flexibility index (Phi) is 12.5. The zero-order chi connectivity index (χ0) is 41.1. The number of hydrogen-bond acceptors (Lipinski definition) is 18. The van der Waals surface area contributed by atoms with Crippen LogP contribution in [0, 0.1) is 0 Å². The molecule has 0 unspecified atom stereocenters. The van der Waals surface area contributed by atoms with Crippen molar-refractivity contribution in [1.29, 1.82) is 0 Å². The molecule has 306 valence electrons. The molecule has 1 aromatic heterocycles. The lowest BCUT2D eigenvalue weighted by molar-refractivity contribution is -0.323. The molecule has 2 aliphatic rings. The molecule has 2 aliphatic heterocycles. The third-order valence-electron chi connectivity index (χ3n) is 9.28. The molecule has 3 aromatic carbocycles. The van der Waals surface area contributed by atoms with Crippen LogP contribution in [0.25, 0.3) is 28.4 Å². The fraction of sp³-hybridized carbons (Fsp3) is 0.368. The van der Waals surface area contributed by atoms with Gasteiger partial charge in [-0.15, -0.1) is 0 Å². The molecule has 2 fully saturated rings. The largest absolute Gasteiger partial charge is 0.508 e. The highest BCUT2D eigenvalue weighted by molar-refractivity contribution is 5.87. The van der Waals surface area contributed by atoms with Crippen LogP contribution >= 0.6 is 0 Å². The van der Waals surface area contributed by atoms with Crippen molar-refractivity contribution in [2.24, 2.45) is 0 Å². The fourth-order valence-electron chi connectivity index (χ4n) is 6.20. The van der Waals surface area contributed by atoms with Gasteiger partial charge in [0, 0.05) is 18.2 Å². The van der Waals surface area contributed by atoms with Gasteiger partial charge in [-0.1, -0.05) is 0 Å². The fourth-order valence-corrected chi connectivity index (χ4v) is 6.20. The predicted octanol–water partition coefficient (Wildman–Crippen LogP) is 0.488. The van der Waals surface area contributed by atoms with E-state index in [1.54, 1.807) is 0 Å². The Labute approximate surface area is 322 Å². The molecule has 4 aromatic rings. The van der Waals surface area contributed by atoms with Gasteiger partial charge >= 0.3 is 17.3 Å². The summed E-state index contributed by atoms with van der Waals surface area (Å²) in [6.07, 6.45) is -15.0. The maximum atomic E-state index is 13.2. The van der Waals surface area contributed by atoms with E-state index in [2.05, 4.69) is 0 Å². The number of benzene rings is 3. The zero-order valence-electron chi connectivity index (χ0n) is 30.2. The molecule has 10 atom stereocenters. The number of methoxy groups -OCH3 is 2. The van der Waals surface area contributed by atoms with Gasteiger partial charge < -0.3 is 84.2 Å². The van der Waals surface area contributed by atoms with Crippen molar-refractivity contribution >= 4 is 23.0 Å². The molecule has 0 aliphatic carbocycles. The standard InChI is InChI=1S/C38H40O19/c1-50-23-9-16(10-24(51-2)29(23)44)3-8-28(43)57-36-27(15-52-37-33(48)31(46)30(45)26(14-39)55-37)56-38(34(49)32(36)47)54-25-12-17-4-6-19(40)13-22(17)53-35(25)18-5-7-20(41)21(42)11-18/h3-13,26-27,30-34,36-39,45-49H,14-15H2,1-2H3,(H3-,40,41,42,43,44)/p+1/t26-,27-,30-,31+,32-,33-,34-,36-,37-,38-/m1/s1. The molecule has 19 heteroatoms. The van der Waals surface area contributed by atoms with Crippen molar-refractivity contribution in [2.45, 2.75) is 61.4 Å². The number of ether oxygens (including phenoxy) is 7. The summed E-state index contributed by atoms with van der Waals surface area (Å²) >= 11 is 0. The minimum atomic E-state index is -1.95. The van der Waals surface area contributed by atoms with Gasteiger partial charge in [0.05, 0.1) is 44.4 Å². The highest BCUT2D eigenvalue weighted by Crippen LogP contribution is 2.41. The van der Waals surface area contributed by atoms with Crippen LogP contribution in [0.2, 0.25) is 0 Å². The second-order valence-corrected chi connectivity index (χ2v) is 13.0. The van der Waals surface area contributed by atoms with Crippen LogP contribution in [0.5, 0.6) is 40.2 Å².